The molecule has 0 saturated carbocycles. The molecule has 0 aliphatic carbocycles. The van der Waals surface area contributed by atoms with Crippen molar-refractivity contribution < 1.29 is 13.2 Å². The molecule has 2 aromatic carbocycles. The zero-order chi connectivity index (χ0) is 17.2. The van der Waals surface area contributed by atoms with Gasteiger partial charge < -0.3 is 4.74 Å². The Hall–Kier alpha value is -1.59. The Bertz CT molecular complexity index is 816. The first-order valence-corrected chi connectivity index (χ1v) is 10.1. The fraction of sp³-hybridized carbons (Fsp3) is 0.474. The normalized spacial score (nSPS) is 19.5. The van der Waals surface area contributed by atoms with E-state index in [4.69, 9.17) is 4.74 Å². The lowest BCUT2D eigenvalue weighted by molar-refractivity contribution is 0.281. The molecule has 1 unspecified atom stereocenters. The van der Waals surface area contributed by atoms with Crippen molar-refractivity contribution in [1.29, 1.82) is 0 Å². The van der Waals surface area contributed by atoms with Gasteiger partial charge in [0.05, 0.1) is 11.5 Å². The minimum Gasteiger partial charge on any atom is -0.494 e. The van der Waals surface area contributed by atoms with Crippen LogP contribution in [0.1, 0.15) is 33.1 Å². The van der Waals surface area contributed by atoms with Gasteiger partial charge in [-0.2, -0.15) is 4.31 Å². The van der Waals surface area contributed by atoms with Gasteiger partial charge in [0.2, 0.25) is 10.0 Å². The molecule has 0 radical (unpaired) electrons. The first-order valence-electron chi connectivity index (χ1n) is 8.67. The second-order valence-electron chi connectivity index (χ2n) is 6.63. The lowest BCUT2D eigenvalue weighted by Gasteiger charge is -2.30. The predicted molar refractivity (Wildman–Crippen MR) is 96.9 cm³/mol. The molecule has 1 aliphatic heterocycles. The number of sulfonamides is 1. The van der Waals surface area contributed by atoms with Crippen LogP contribution in [0.2, 0.25) is 0 Å². The summed E-state index contributed by atoms with van der Waals surface area (Å²) in [6, 6.07) is 11.1. The molecule has 0 amide bonds. The Morgan fingerprint density at radius 2 is 1.92 bits per heavy atom. The lowest BCUT2D eigenvalue weighted by atomic mass is 10.0. The Morgan fingerprint density at radius 1 is 1.17 bits per heavy atom. The van der Waals surface area contributed by atoms with E-state index in [1.54, 1.807) is 16.4 Å². The summed E-state index contributed by atoms with van der Waals surface area (Å²) < 4.78 is 33.0. The van der Waals surface area contributed by atoms with Crippen LogP contribution in [0.4, 0.5) is 0 Å². The van der Waals surface area contributed by atoms with Gasteiger partial charge in [-0.1, -0.05) is 26.0 Å². The topological polar surface area (TPSA) is 46.6 Å². The minimum atomic E-state index is -3.41. The van der Waals surface area contributed by atoms with Gasteiger partial charge in [-0.15, -0.1) is 0 Å². The summed E-state index contributed by atoms with van der Waals surface area (Å²) in [6.07, 6.45) is 3.00. The summed E-state index contributed by atoms with van der Waals surface area (Å²) in [4.78, 5) is 0.381. The highest BCUT2D eigenvalue weighted by atomic mass is 32.2. The number of piperidine rings is 1. The zero-order valence-electron chi connectivity index (χ0n) is 14.4. The SMILES string of the molecule is CCCOc1ccc2cc(S(=O)(=O)N3CCCC(C)C3)ccc2c1. The van der Waals surface area contributed by atoms with Crippen LogP contribution in [-0.2, 0) is 10.0 Å². The zero-order valence-corrected chi connectivity index (χ0v) is 15.2. The van der Waals surface area contributed by atoms with Crippen molar-refractivity contribution in [3.63, 3.8) is 0 Å². The molecular formula is C19H25NO3S. The first-order chi connectivity index (χ1) is 11.5. The fourth-order valence-corrected chi connectivity index (χ4v) is 4.82. The highest BCUT2D eigenvalue weighted by Gasteiger charge is 2.28. The van der Waals surface area contributed by atoms with E-state index in [1.807, 2.05) is 24.3 Å². The monoisotopic (exact) mass is 347 g/mol. The van der Waals surface area contributed by atoms with E-state index in [1.165, 1.54) is 0 Å². The van der Waals surface area contributed by atoms with Gasteiger partial charge in [-0.25, -0.2) is 8.42 Å². The smallest absolute Gasteiger partial charge is 0.243 e. The van der Waals surface area contributed by atoms with Gasteiger partial charge in [-0.3, -0.25) is 0 Å². The molecule has 0 bridgehead atoms. The van der Waals surface area contributed by atoms with Crippen LogP contribution in [0.3, 0.4) is 0 Å². The number of benzene rings is 2. The van der Waals surface area contributed by atoms with E-state index in [0.29, 0.717) is 30.5 Å². The van der Waals surface area contributed by atoms with E-state index in [-0.39, 0.29) is 0 Å². The van der Waals surface area contributed by atoms with Gasteiger partial charge in [0.15, 0.2) is 0 Å². The van der Waals surface area contributed by atoms with Crippen LogP contribution < -0.4 is 4.74 Å². The average molecular weight is 347 g/mol. The summed E-state index contributed by atoms with van der Waals surface area (Å²) in [5.74, 6) is 1.25. The van der Waals surface area contributed by atoms with Crippen molar-refractivity contribution >= 4 is 20.8 Å². The molecule has 1 heterocycles. The molecule has 4 nitrogen and oxygen atoms in total. The molecule has 130 valence electrons. The van der Waals surface area contributed by atoms with Gasteiger partial charge in [0, 0.05) is 13.1 Å². The third-order valence-electron chi connectivity index (χ3n) is 4.51. The molecular weight excluding hydrogens is 322 g/mol. The molecule has 1 fully saturated rings. The van der Waals surface area contributed by atoms with E-state index >= 15 is 0 Å². The molecule has 1 atom stereocenters. The van der Waals surface area contributed by atoms with Crippen molar-refractivity contribution in [2.24, 2.45) is 5.92 Å². The maximum atomic E-state index is 12.9. The number of fused-ring (bicyclic) bond motifs is 1. The summed E-state index contributed by atoms with van der Waals surface area (Å²) >= 11 is 0. The minimum absolute atomic E-state index is 0.381. The van der Waals surface area contributed by atoms with Crippen LogP contribution in [0.5, 0.6) is 5.75 Å². The van der Waals surface area contributed by atoms with Crippen molar-refractivity contribution in [3.05, 3.63) is 36.4 Å². The third-order valence-corrected chi connectivity index (χ3v) is 6.37. The second-order valence-corrected chi connectivity index (χ2v) is 8.57. The van der Waals surface area contributed by atoms with Crippen molar-refractivity contribution in [3.8, 4) is 5.75 Å². The van der Waals surface area contributed by atoms with E-state index in [2.05, 4.69) is 13.8 Å². The fourth-order valence-electron chi connectivity index (χ4n) is 3.19. The number of rotatable bonds is 5. The predicted octanol–water partition coefficient (Wildman–Crippen LogP) is 4.05. The standard InChI is InChI=1S/C19H25NO3S/c1-3-11-23-18-8-6-17-13-19(9-7-16(17)12-18)24(21,22)20-10-4-5-15(2)14-20/h6-9,12-13,15H,3-5,10-11,14H2,1-2H3. The summed E-state index contributed by atoms with van der Waals surface area (Å²) in [7, 11) is -3.41. The number of nitrogens with zero attached hydrogens (tertiary/aromatic N) is 1. The van der Waals surface area contributed by atoms with Crippen LogP contribution in [0, 0.1) is 5.92 Å². The van der Waals surface area contributed by atoms with Crippen LogP contribution in [0.15, 0.2) is 41.3 Å². The molecule has 0 spiro atoms. The van der Waals surface area contributed by atoms with Gasteiger partial charge in [0.25, 0.3) is 0 Å². The molecule has 1 saturated heterocycles. The maximum absolute atomic E-state index is 12.9. The van der Waals surface area contributed by atoms with Gasteiger partial charge >= 0.3 is 0 Å². The maximum Gasteiger partial charge on any atom is 0.243 e. The average Bonchev–Trinajstić information content (AvgIpc) is 2.59. The number of ether oxygens (including phenoxy) is 1. The lowest BCUT2D eigenvalue weighted by Crippen LogP contribution is -2.39. The number of hydrogen-bond acceptors (Lipinski definition) is 3. The van der Waals surface area contributed by atoms with Crippen molar-refractivity contribution in [2.45, 2.75) is 38.0 Å². The molecule has 1 aliphatic rings. The Balaban J connectivity index is 1.89. The summed E-state index contributed by atoms with van der Waals surface area (Å²) in [5, 5.41) is 1.92. The summed E-state index contributed by atoms with van der Waals surface area (Å²) in [6.45, 7) is 6.10. The largest absolute Gasteiger partial charge is 0.494 e. The van der Waals surface area contributed by atoms with Crippen molar-refractivity contribution in [2.75, 3.05) is 19.7 Å². The van der Waals surface area contributed by atoms with Crippen LogP contribution in [-0.4, -0.2) is 32.4 Å². The molecule has 3 rings (SSSR count). The quantitative estimate of drug-likeness (QED) is 0.820. The molecule has 0 aromatic heterocycles. The summed E-state index contributed by atoms with van der Waals surface area (Å²) in [5.41, 5.74) is 0. The van der Waals surface area contributed by atoms with E-state index in [9.17, 15) is 8.42 Å². The number of hydrogen-bond donors (Lipinski definition) is 0. The van der Waals surface area contributed by atoms with Gasteiger partial charge in [0.1, 0.15) is 5.75 Å². The molecule has 5 heteroatoms. The molecule has 2 aromatic rings. The molecule has 24 heavy (non-hydrogen) atoms. The Kier molecular flexibility index (Phi) is 5.11. The van der Waals surface area contributed by atoms with E-state index in [0.717, 1.165) is 35.8 Å². The Labute approximate surface area is 144 Å². The van der Waals surface area contributed by atoms with E-state index < -0.39 is 10.0 Å². The van der Waals surface area contributed by atoms with Crippen LogP contribution in [0.25, 0.3) is 10.8 Å². The van der Waals surface area contributed by atoms with Crippen LogP contribution >= 0.6 is 0 Å². The Morgan fingerprint density at radius 3 is 2.67 bits per heavy atom. The first kappa shape index (κ1) is 17.2. The van der Waals surface area contributed by atoms with Crippen molar-refractivity contribution in [1.82, 2.24) is 4.31 Å². The highest BCUT2D eigenvalue weighted by molar-refractivity contribution is 7.89. The van der Waals surface area contributed by atoms with Gasteiger partial charge in [-0.05, 0) is 60.2 Å². The third kappa shape index (κ3) is 3.57. The second kappa shape index (κ2) is 7.11. The highest BCUT2D eigenvalue weighted by Crippen LogP contribution is 2.27. The molecule has 0 N–H and O–H groups in total.